The topological polar surface area (TPSA) is 66.0 Å². The molecular weight excluding hydrogens is 431 g/mol. The number of guanidine groups is 1. The lowest BCUT2D eigenvalue weighted by atomic mass is 9.83. The van der Waals surface area contributed by atoms with Gasteiger partial charge in [-0.25, -0.2) is 4.99 Å². The highest BCUT2D eigenvalue weighted by Gasteiger charge is 2.32. The van der Waals surface area contributed by atoms with E-state index in [-0.39, 0.29) is 42.5 Å². The van der Waals surface area contributed by atoms with Gasteiger partial charge in [-0.3, -0.25) is 4.79 Å². The van der Waals surface area contributed by atoms with Crippen molar-refractivity contribution < 1.29 is 9.53 Å². The molecule has 0 aromatic rings. The zero-order chi connectivity index (χ0) is 17.4. The molecular formula is C18H35IN4O2. The average molecular weight is 466 g/mol. The van der Waals surface area contributed by atoms with Crippen LogP contribution in [0.15, 0.2) is 4.99 Å². The number of aliphatic imine (C=N–C) groups is 1. The van der Waals surface area contributed by atoms with Crippen LogP contribution >= 0.6 is 24.0 Å². The molecule has 1 aliphatic heterocycles. The molecule has 6 nitrogen and oxygen atoms in total. The van der Waals surface area contributed by atoms with Crippen molar-refractivity contribution in [2.45, 2.75) is 58.0 Å². The molecule has 0 bridgehead atoms. The number of halogens is 1. The lowest BCUT2D eigenvalue weighted by molar-refractivity contribution is -0.127. The van der Waals surface area contributed by atoms with E-state index in [1.807, 2.05) is 0 Å². The van der Waals surface area contributed by atoms with Gasteiger partial charge in [0.25, 0.3) is 0 Å². The van der Waals surface area contributed by atoms with E-state index in [1.165, 1.54) is 32.1 Å². The zero-order valence-corrected chi connectivity index (χ0v) is 18.3. The van der Waals surface area contributed by atoms with Crippen molar-refractivity contribution in [3.05, 3.63) is 0 Å². The van der Waals surface area contributed by atoms with Gasteiger partial charge in [0, 0.05) is 33.8 Å². The number of carbonyl (C=O) groups is 1. The van der Waals surface area contributed by atoms with Gasteiger partial charge < -0.3 is 20.3 Å². The number of ether oxygens (including phenoxy) is 1. The summed E-state index contributed by atoms with van der Waals surface area (Å²) in [5.74, 6) is 0.750. The van der Waals surface area contributed by atoms with Gasteiger partial charge in [-0.1, -0.05) is 19.8 Å². The molecule has 146 valence electrons. The van der Waals surface area contributed by atoms with E-state index in [9.17, 15) is 4.79 Å². The Labute approximate surface area is 169 Å². The molecule has 2 fully saturated rings. The number of hydrogen-bond acceptors (Lipinski definition) is 3. The van der Waals surface area contributed by atoms with Gasteiger partial charge in [-0.15, -0.1) is 24.0 Å². The van der Waals surface area contributed by atoms with Crippen molar-refractivity contribution in [2.24, 2.45) is 10.4 Å². The Balaban J connectivity index is 0.00000312. The molecule has 0 spiro atoms. The smallest absolute Gasteiger partial charge is 0.243 e. The molecule has 2 N–H and O–H groups in total. The number of amides is 1. The summed E-state index contributed by atoms with van der Waals surface area (Å²) in [5.41, 5.74) is 0.387. The maximum absolute atomic E-state index is 11.8. The highest BCUT2D eigenvalue weighted by atomic mass is 127. The van der Waals surface area contributed by atoms with Crippen LogP contribution in [-0.4, -0.2) is 63.2 Å². The Bertz CT molecular complexity index is 431. The van der Waals surface area contributed by atoms with Crippen LogP contribution in [0.4, 0.5) is 0 Å². The van der Waals surface area contributed by atoms with E-state index < -0.39 is 0 Å². The second-order valence-corrected chi connectivity index (χ2v) is 7.38. The summed E-state index contributed by atoms with van der Waals surface area (Å²) in [6, 6.07) is 0. The van der Waals surface area contributed by atoms with Crippen molar-refractivity contribution in [3.8, 4) is 0 Å². The summed E-state index contributed by atoms with van der Waals surface area (Å²) >= 11 is 0. The number of rotatable bonds is 7. The lowest BCUT2D eigenvalue weighted by Crippen LogP contribution is -2.45. The van der Waals surface area contributed by atoms with E-state index in [0.29, 0.717) is 5.41 Å². The van der Waals surface area contributed by atoms with Gasteiger partial charge in [-0.2, -0.15) is 0 Å². The summed E-state index contributed by atoms with van der Waals surface area (Å²) in [5, 5.41) is 6.85. The lowest BCUT2D eigenvalue weighted by Gasteiger charge is -2.29. The third-order valence-electron chi connectivity index (χ3n) is 5.44. The number of hydrogen-bond donors (Lipinski definition) is 2. The van der Waals surface area contributed by atoms with Crippen LogP contribution in [0.2, 0.25) is 0 Å². The molecule has 1 atom stereocenters. The molecule has 0 aromatic heterocycles. The molecule has 7 heteroatoms. The quantitative estimate of drug-likeness (QED) is 0.344. The molecule has 1 amide bonds. The average Bonchev–Trinajstić information content (AvgIpc) is 3.26. The van der Waals surface area contributed by atoms with Gasteiger partial charge >= 0.3 is 0 Å². The fourth-order valence-electron chi connectivity index (χ4n) is 3.53. The van der Waals surface area contributed by atoms with Crippen LogP contribution in [-0.2, 0) is 9.53 Å². The van der Waals surface area contributed by atoms with E-state index in [4.69, 9.17) is 4.74 Å². The molecule has 0 aromatic carbocycles. The number of nitrogens with one attached hydrogen (secondary N) is 2. The maximum atomic E-state index is 11.8. The van der Waals surface area contributed by atoms with E-state index in [2.05, 4.69) is 22.5 Å². The van der Waals surface area contributed by atoms with Gasteiger partial charge in [-0.05, 0) is 37.5 Å². The Morgan fingerprint density at radius 1 is 1.24 bits per heavy atom. The molecule has 0 radical (unpaired) electrons. The van der Waals surface area contributed by atoms with Crippen LogP contribution < -0.4 is 10.6 Å². The summed E-state index contributed by atoms with van der Waals surface area (Å²) in [7, 11) is 3.52. The summed E-state index contributed by atoms with van der Waals surface area (Å²) in [6.45, 7) is 4.98. The predicted octanol–water partition coefficient (Wildman–Crippen LogP) is 2.38. The SMILES string of the molecule is CCC1(CNC(=NCC(=O)N(C)C)NCC2CCCO2)CCCC1.I. The first-order valence-electron chi connectivity index (χ1n) is 9.38. The Morgan fingerprint density at radius 2 is 1.96 bits per heavy atom. The number of likely N-dealkylation sites (N-methyl/N-ethyl adjacent to an activating group) is 1. The van der Waals surface area contributed by atoms with Crippen LogP contribution in [0.5, 0.6) is 0 Å². The normalized spacial score (nSPS) is 22.4. The first-order valence-corrected chi connectivity index (χ1v) is 9.38. The first kappa shape index (κ1) is 22.5. The molecule has 2 rings (SSSR count). The fourth-order valence-corrected chi connectivity index (χ4v) is 3.53. The predicted molar refractivity (Wildman–Crippen MR) is 113 cm³/mol. The molecule has 1 saturated heterocycles. The minimum atomic E-state index is 0. The Hall–Kier alpha value is -0.570. The second kappa shape index (κ2) is 11.2. The van der Waals surface area contributed by atoms with Gasteiger partial charge in [0.05, 0.1) is 6.10 Å². The molecule has 1 saturated carbocycles. The molecule has 25 heavy (non-hydrogen) atoms. The molecule has 2 aliphatic rings. The zero-order valence-electron chi connectivity index (χ0n) is 16.0. The van der Waals surface area contributed by atoms with Gasteiger partial charge in [0.15, 0.2) is 5.96 Å². The third-order valence-corrected chi connectivity index (χ3v) is 5.44. The van der Waals surface area contributed by atoms with Crippen molar-refractivity contribution in [3.63, 3.8) is 0 Å². The van der Waals surface area contributed by atoms with Crippen molar-refractivity contribution >= 4 is 35.8 Å². The van der Waals surface area contributed by atoms with Crippen LogP contribution in [0.1, 0.15) is 51.9 Å². The number of nitrogens with zero attached hydrogens (tertiary/aromatic N) is 2. The number of carbonyl (C=O) groups excluding carboxylic acids is 1. The Morgan fingerprint density at radius 3 is 2.52 bits per heavy atom. The highest BCUT2D eigenvalue weighted by molar-refractivity contribution is 14.0. The minimum Gasteiger partial charge on any atom is -0.376 e. The van der Waals surface area contributed by atoms with Crippen LogP contribution in [0.25, 0.3) is 0 Å². The summed E-state index contributed by atoms with van der Waals surface area (Å²) in [6.07, 6.45) is 8.89. The summed E-state index contributed by atoms with van der Waals surface area (Å²) in [4.78, 5) is 17.9. The largest absolute Gasteiger partial charge is 0.376 e. The molecule has 1 aliphatic carbocycles. The molecule has 1 heterocycles. The second-order valence-electron chi connectivity index (χ2n) is 7.38. The third kappa shape index (κ3) is 7.29. The standard InChI is InChI=1S/C18H34N4O2.HI/c1-4-18(9-5-6-10-18)14-21-17(20-13-16(23)22(2)3)19-12-15-8-7-11-24-15;/h15H,4-14H2,1-3H3,(H2,19,20,21);1H. The van der Waals surface area contributed by atoms with E-state index in [0.717, 1.165) is 38.5 Å². The van der Waals surface area contributed by atoms with Crippen LogP contribution in [0.3, 0.4) is 0 Å². The van der Waals surface area contributed by atoms with Crippen LogP contribution in [0, 0.1) is 5.41 Å². The highest BCUT2D eigenvalue weighted by Crippen LogP contribution is 2.40. The monoisotopic (exact) mass is 466 g/mol. The molecule has 1 unspecified atom stereocenters. The fraction of sp³-hybridized carbons (Fsp3) is 0.889. The van der Waals surface area contributed by atoms with Crippen molar-refractivity contribution in [1.29, 1.82) is 0 Å². The summed E-state index contributed by atoms with van der Waals surface area (Å²) < 4.78 is 5.67. The Kier molecular flexibility index (Phi) is 10.1. The van der Waals surface area contributed by atoms with Gasteiger partial charge in [0.2, 0.25) is 5.91 Å². The minimum absolute atomic E-state index is 0. The van der Waals surface area contributed by atoms with Gasteiger partial charge in [0.1, 0.15) is 6.54 Å². The van der Waals surface area contributed by atoms with E-state index in [1.54, 1.807) is 19.0 Å². The van der Waals surface area contributed by atoms with E-state index >= 15 is 0 Å². The first-order chi connectivity index (χ1) is 11.5. The van der Waals surface area contributed by atoms with Crippen molar-refractivity contribution in [1.82, 2.24) is 15.5 Å². The maximum Gasteiger partial charge on any atom is 0.243 e. The van der Waals surface area contributed by atoms with Crippen molar-refractivity contribution in [2.75, 3.05) is 40.3 Å².